The Morgan fingerprint density at radius 2 is 2.00 bits per heavy atom. The molecule has 1 heterocycles. The molecule has 0 bridgehead atoms. The van der Waals surface area contributed by atoms with Gasteiger partial charge in [-0.15, -0.1) is 0 Å². The summed E-state index contributed by atoms with van der Waals surface area (Å²) < 4.78 is 22.6. The zero-order valence-electron chi connectivity index (χ0n) is 10.3. The summed E-state index contributed by atoms with van der Waals surface area (Å²) in [5, 5.41) is 13.0. The van der Waals surface area contributed by atoms with Crippen molar-refractivity contribution < 1.29 is 23.1 Å². The second kappa shape index (κ2) is 4.76. The molecule has 1 aliphatic rings. The van der Waals surface area contributed by atoms with Crippen LogP contribution >= 0.6 is 0 Å². The number of aromatic carboxylic acids is 1. The molecule has 0 aromatic heterocycles. The van der Waals surface area contributed by atoms with Crippen molar-refractivity contribution in [3.63, 3.8) is 0 Å². The maximum absolute atomic E-state index is 11.8. The molecule has 108 valence electrons. The molecule has 1 fully saturated rings. The third-order valence-electron chi connectivity index (χ3n) is 3.05. The van der Waals surface area contributed by atoms with Crippen LogP contribution in [-0.4, -0.2) is 37.2 Å². The van der Waals surface area contributed by atoms with Crippen LogP contribution in [0, 0.1) is 0 Å². The Morgan fingerprint density at radius 3 is 2.50 bits per heavy atom. The number of primary sulfonamides is 1. The molecule has 1 saturated heterocycles. The van der Waals surface area contributed by atoms with E-state index in [9.17, 15) is 18.0 Å². The average Bonchev–Trinajstić information content (AvgIpc) is 2.70. The smallest absolute Gasteiger partial charge is 0.335 e. The van der Waals surface area contributed by atoms with Crippen molar-refractivity contribution >= 4 is 33.3 Å². The van der Waals surface area contributed by atoms with Crippen LogP contribution in [0.3, 0.4) is 0 Å². The number of carbonyl (C=O) groups excluding carboxylic acids is 1. The molecule has 0 saturated carbocycles. The lowest BCUT2D eigenvalue weighted by Gasteiger charge is -2.17. The Balaban J connectivity index is 2.38. The fourth-order valence-corrected chi connectivity index (χ4v) is 2.79. The molecule has 1 aromatic carbocycles. The van der Waals surface area contributed by atoms with E-state index in [4.69, 9.17) is 16.0 Å². The summed E-state index contributed by atoms with van der Waals surface area (Å²) in [6.07, 6.45) is -0.226. The van der Waals surface area contributed by atoms with Gasteiger partial charge in [0.2, 0.25) is 15.9 Å². The number of hydrogen-bond acceptors (Lipinski definition) is 5. The minimum Gasteiger partial charge on any atom is -0.478 e. The second-order valence-electron chi connectivity index (χ2n) is 4.54. The van der Waals surface area contributed by atoms with Gasteiger partial charge in [0.15, 0.2) is 0 Å². The number of anilines is 2. The van der Waals surface area contributed by atoms with Crippen LogP contribution in [-0.2, 0) is 14.8 Å². The van der Waals surface area contributed by atoms with E-state index in [1.54, 1.807) is 0 Å². The molecule has 8 nitrogen and oxygen atoms in total. The van der Waals surface area contributed by atoms with E-state index in [0.717, 1.165) is 0 Å². The first-order chi connectivity index (χ1) is 9.18. The fourth-order valence-electron chi connectivity index (χ4n) is 2.06. The first-order valence-electron chi connectivity index (χ1n) is 5.64. The van der Waals surface area contributed by atoms with Gasteiger partial charge in [0.25, 0.3) is 0 Å². The molecular weight excluding hydrogens is 286 g/mol. The molecule has 0 aliphatic carbocycles. The summed E-state index contributed by atoms with van der Waals surface area (Å²) in [5.41, 5.74) is 5.93. The van der Waals surface area contributed by atoms with Crippen molar-refractivity contribution in [1.82, 2.24) is 0 Å². The maximum Gasteiger partial charge on any atom is 0.335 e. The Morgan fingerprint density at radius 1 is 1.35 bits per heavy atom. The highest BCUT2D eigenvalue weighted by atomic mass is 32.2. The number of hydrogen-bond donors (Lipinski definition) is 3. The molecule has 9 heteroatoms. The molecule has 1 amide bonds. The van der Waals surface area contributed by atoms with Gasteiger partial charge in [-0.25, -0.2) is 18.4 Å². The van der Waals surface area contributed by atoms with Gasteiger partial charge in [-0.3, -0.25) is 4.79 Å². The van der Waals surface area contributed by atoms with Gasteiger partial charge in [0, 0.05) is 24.3 Å². The molecule has 20 heavy (non-hydrogen) atoms. The average molecular weight is 299 g/mol. The Labute approximate surface area is 115 Å². The molecule has 1 aromatic rings. The van der Waals surface area contributed by atoms with Crippen molar-refractivity contribution in [2.75, 3.05) is 17.2 Å². The van der Waals surface area contributed by atoms with Gasteiger partial charge in [0.1, 0.15) is 5.25 Å². The van der Waals surface area contributed by atoms with Crippen molar-refractivity contribution in [3.05, 3.63) is 23.8 Å². The second-order valence-corrected chi connectivity index (χ2v) is 6.38. The van der Waals surface area contributed by atoms with E-state index in [2.05, 4.69) is 0 Å². The van der Waals surface area contributed by atoms with Crippen LogP contribution in [0.5, 0.6) is 0 Å². The van der Waals surface area contributed by atoms with Gasteiger partial charge < -0.3 is 15.7 Å². The Hall–Kier alpha value is -2.13. The summed E-state index contributed by atoms with van der Waals surface area (Å²) >= 11 is 0. The predicted molar refractivity (Wildman–Crippen MR) is 71.7 cm³/mol. The van der Waals surface area contributed by atoms with Crippen LogP contribution < -0.4 is 15.8 Å². The lowest BCUT2D eigenvalue weighted by molar-refractivity contribution is -0.117. The zero-order chi connectivity index (χ0) is 15.1. The lowest BCUT2D eigenvalue weighted by atomic mass is 10.1. The molecule has 0 spiro atoms. The number of carboxylic acids is 1. The number of sulfonamides is 1. The van der Waals surface area contributed by atoms with Crippen molar-refractivity contribution in [2.45, 2.75) is 11.7 Å². The van der Waals surface area contributed by atoms with Gasteiger partial charge in [-0.1, -0.05) is 0 Å². The van der Waals surface area contributed by atoms with Gasteiger partial charge in [-0.05, 0) is 18.2 Å². The third-order valence-corrected chi connectivity index (χ3v) is 4.30. The summed E-state index contributed by atoms with van der Waals surface area (Å²) in [6.45, 7) is -0.111. The van der Waals surface area contributed by atoms with E-state index < -0.39 is 27.1 Å². The largest absolute Gasteiger partial charge is 0.478 e. The highest BCUT2D eigenvalue weighted by Gasteiger charge is 2.37. The Bertz CT molecular complexity index is 685. The van der Waals surface area contributed by atoms with E-state index in [1.165, 1.54) is 23.1 Å². The lowest BCUT2D eigenvalue weighted by Crippen LogP contribution is -2.32. The number of nitrogen functional groups attached to an aromatic ring is 1. The number of rotatable bonds is 3. The van der Waals surface area contributed by atoms with E-state index >= 15 is 0 Å². The Kier molecular flexibility index (Phi) is 3.40. The zero-order valence-corrected chi connectivity index (χ0v) is 11.1. The van der Waals surface area contributed by atoms with E-state index in [1.807, 2.05) is 0 Å². The number of nitrogens with two attached hydrogens (primary N) is 2. The molecule has 5 N–H and O–H groups in total. The molecule has 1 atom stereocenters. The molecular formula is C11H13N3O5S. The first-order valence-corrected chi connectivity index (χ1v) is 7.25. The summed E-state index contributed by atoms with van der Waals surface area (Å²) in [5.74, 6) is -1.63. The van der Waals surface area contributed by atoms with E-state index in [0.29, 0.717) is 0 Å². The summed E-state index contributed by atoms with van der Waals surface area (Å²) in [7, 11) is -3.82. The first kappa shape index (κ1) is 14.3. The molecule has 0 radical (unpaired) electrons. The van der Waals surface area contributed by atoms with Crippen LogP contribution in [0.2, 0.25) is 0 Å². The number of nitrogens with zero attached hydrogens (tertiary/aromatic N) is 1. The summed E-state index contributed by atoms with van der Waals surface area (Å²) in [4.78, 5) is 24.0. The van der Waals surface area contributed by atoms with Crippen LogP contribution in [0.4, 0.5) is 11.4 Å². The molecule has 1 aliphatic heterocycles. The molecule has 1 unspecified atom stereocenters. The quantitative estimate of drug-likeness (QED) is 0.633. The van der Waals surface area contributed by atoms with Gasteiger partial charge >= 0.3 is 5.97 Å². The number of carboxylic acid groups (broad SMARTS) is 1. The van der Waals surface area contributed by atoms with E-state index in [-0.39, 0.29) is 29.9 Å². The minimum atomic E-state index is -3.82. The maximum atomic E-state index is 11.8. The summed E-state index contributed by atoms with van der Waals surface area (Å²) in [6, 6.07) is 3.93. The number of carbonyl (C=O) groups is 2. The van der Waals surface area contributed by atoms with Crippen molar-refractivity contribution in [1.29, 1.82) is 0 Å². The van der Waals surface area contributed by atoms with Crippen molar-refractivity contribution in [2.24, 2.45) is 5.14 Å². The monoisotopic (exact) mass is 299 g/mol. The number of amides is 1. The SMILES string of the molecule is Nc1cc(C(=O)O)cc(N2CC(S(N)(=O)=O)CC2=O)c1. The number of benzene rings is 1. The molecule has 2 rings (SSSR count). The fraction of sp³-hybridized carbons (Fsp3) is 0.273. The van der Waals surface area contributed by atoms with Crippen molar-refractivity contribution in [3.8, 4) is 0 Å². The normalized spacial score (nSPS) is 19.4. The van der Waals surface area contributed by atoms with Crippen LogP contribution in [0.15, 0.2) is 18.2 Å². The third kappa shape index (κ3) is 2.73. The van der Waals surface area contributed by atoms with Crippen LogP contribution in [0.25, 0.3) is 0 Å². The predicted octanol–water partition coefficient (Wildman–Crippen LogP) is -0.639. The van der Waals surface area contributed by atoms with Gasteiger partial charge in [0.05, 0.1) is 5.56 Å². The highest BCUT2D eigenvalue weighted by molar-refractivity contribution is 7.89. The highest BCUT2D eigenvalue weighted by Crippen LogP contribution is 2.27. The van der Waals surface area contributed by atoms with Gasteiger partial charge in [-0.2, -0.15) is 0 Å². The van der Waals surface area contributed by atoms with Crippen LogP contribution in [0.1, 0.15) is 16.8 Å². The minimum absolute atomic E-state index is 0.0770. The standard InChI is InChI=1S/C11H13N3O5S/c12-7-1-6(11(16)17)2-8(3-7)14-5-9(4-10(14)15)20(13,18)19/h1-3,9H,4-5,12H2,(H,16,17)(H2,13,18,19). The topological polar surface area (TPSA) is 144 Å².